The van der Waals surface area contributed by atoms with Crippen molar-refractivity contribution in [2.45, 2.75) is 30.6 Å². The lowest BCUT2D eigenvalue weighted by molar-refractivity contribution is 0.424. The largest absolute Gasteiger partial charge is 0.243 e. The van der Waals surface area contributed by atoms with Crippen molar-refractivity contribution in [3.63, 3.8) is 0 Å². The Morgan fingerprint density at radius 3 is 1.74 bits per heavy atom. The minimum Gasteiger partial charge on any atom is -0.207 e. The molecule has 0 radical (unpaired) electrons. The number of halogens is 1. The van der Waals surface area contributed by atoms with Gasteiger partial charge in [0, 0.05) is 18.1 Å². The van der Waals surface area contributed by atoms with E-state index >= 15 is 0 Å². The van der Waals surface area contributed by atoms with Crippen LogP contribution in [-0.4, -0.2) is 25.8 Å². The summed E-state index contributed by atoms with van der Waals surface area (Å²) in [6, 6.07) is 14.6. The summed E-state index contributed by atoms with van der Waals surface area (Å²) in [5, 5.41) is 0.689. The molecule has 0 unspecified atom stereocenters. The van der Waals surface area contributed by atoms with Crippen LogP contribution < -0.4 is 0 Å². The number of hydrogen-bond acceptors (Lipinski definition) is 2. The van der Waals surface area contributed by atoms with Gasteiger partial charge in [-0.3, -0.25) is 0 Å². The second-order valence-electron chi connectivity index (χ2n) is 5.85. The molecule has 0 spiro atoms. The molecule has 1 aliphatic rings. The van der Waals surface area contributed by atoms with E-state index in [9.17, 15) is 8.42 Å². The van der Waals surface area contributed by atoms with Crippen molar-refractivity contribution in [1.29, 1.82) is 0 Å². The molecule has 0 aromatic heterocycles. The normalized spacial score (nSPS) is 16.9. The van der Waals surface area contributed by atoms with Crippen molar-refractivity contribution >= 4 is 21.6 Å². The molecule has 122 valence electrons. The third-order valence-electron chi connectivity index (χ3n) is 4.23. The molecular formula is C18H20ClNO2S. The Morgan fingerprint density at radius 1 is 0.739 bits per heavy atom. The molecule has 0 aliphatic carbocycles. The maximum Gasteiger partial charge on any atom is 0.243 e. The van der Waals surface area contributed by atoms with E-state index < -0.39 is 10.0 Å². The van der Waals surface area contributed by atoms with Gasteiger partial charge in [-0.05, 0) is 48.2 Å². The van der Waals surface area contributed by atoms with Gasteiger partial charge in [-0.25, -0.2) is 8.42 Å². The zero-order valence-electron chi connectivity index (χ0n) is 12.9. The highest BCUT2D eigenvalue weighted by molar-refractivity contribution is 7.89. The summed E-state index contributed by atoms with van der Waals surface area (Å²) >= 11 is 5.90. The summed E-state index contributed by atoms with van der Waals surface area (Å²) in [6.45, 7) is 1.25. The van der Waals surface area contributed by atoms with E-state index in [-0.39, 0.29) is 0 Å². The van der Waals surface area contributed by atoms with Crippen LogP contribution in [0, 0.1) is 0 Å². The predicted molar refractivity (Wildman–Crippen MR) is 94.1 cm³/mol. The minimum absolute atomic E-state index is 0.372. The van der Waals surface area contributed by atoms with Crippen molar-refractivity contribution in [3.8, 4) is 11.1 Å². The average Bonchev–Trinajstić information content (AvgIpc) is 2.85. The molecule has 3 nitrogen and oxygen atoms in total. The van der Waals surface area contributed by atoms with Crippen LogP contribution in [-0.2, 0) is 10.0 Å². The van der Waals surface area contributed by atoms with Gasteiger partial charge < -0.3 is 0 Å². The van der Waals surface area contributed by atoms with E-state index in [4.69, 9.17) is 11.6 Å². The molecule has 1 fully saturated rings. The third-order valence-corrected chi connectivity index (χ3v) is 6.40. The SMILES string of the molecule is O=S(=O)(c1ccc(-c2ccc(Cl)cc2)cc1)N1CCCCCC1. The van der Waals surface area contributed by atoms with Gasteiger partial charge in [0.15, 0.2) is 0 Å². The maximum atomic E-state index is 12.7. The van der Waals surface area contributed by atoms with Gasteiger partial charge in [-0.15, -0.1) is 0 Å². The Bertz CT molecular complexity index is 747. The Labute approximate surface area is 142 Å². The van der Waals surface area contributed by atoms with Crippen LogP contribution in [0.4, 0.5) is 0 Å². The van der Waals surface area contributed by atoms with Crippen molar-refractivity contribution < 1.29 is 8.42 Å². The summed E-state index contributed by atoms with van der Waals surface area (Å²) in [6.07, 6.45) is 4.12. The quantitative estimate of drug-likeness (QED) is 0.813. The maximum absolute atomic E-state index is 12.7. The molecule has 1 aliphatic heterocycles. The van der Waals surface area contributed by atoms with Crippen molar-refractivity contribution in [2.75, 3.05) is 13.1 Å². The summed E-state index contributed by atoms with van der Waals surface area (Å²) in [5.41, 5.74) is 2.00. The highest BCUT2D eigenvalue weighted by Gasteiger charge is 2.24. The number of benzene rings is 2. The van der Waals surface area contributed by atoms with E-state index in [1.807, 2.05) is 36.4 Å². The monoisotopic (exact) mass is 349 g/mol. The predicted octanol–water partition coefficient (Wildman–Crippen LogP) is 4.57. The zero-order chi connectivity index (χ0) is 16.3. The van der Waals surface area contributed by atoms with Gasteiger partial charge in [-0.2, -0.15) is 4.31 Å². The molecule has 5 heteroatoms. The second kappa shape index (κ2) is 7.04. The molecule has 0 bridgehead atoms. The minimum atomic E-state index is -3.38. The van der Waals surface area contributed by atoms with E-state index in [1.165, 1.54) is 0 Å². The van der Waals surface area contributed by atoms with Crippen LogP contribution in [0.2, 0.25) is 5.02 Å². The smallest absolute Gasteiger partial charge is 0.207 e. The van der Waals surface area contributed by atoms with Crippen LogP contribution >= 0.6 is 11.6 Å². The molecule has 2 aromatic carbocycles. The van der Waals surface area contributed by atoms with E-state index in [0.29, 0.717) is 23.0 Å². The molecule has 2 aromatic rings. The van der Waals surface area contributed by atoms with Crippen LogP contribution in [0.3, 0.4) is 0 Å². The van der Waals surface area contributed by atoms with Gasteiger partial charge in [0.2, 0.25) is 10.0 Å². The van der Waals surface area contributed by atoms with Crippen molar-refractivity contribution in [1.82, 2.24) is 4.31 Å². The molecule has 23 heavy (non-hydrogen) atoms. The molecule has 1 saturated heterocycles. The number of hydrogen-bond donors (Lipinski definition) is 0. The molecule has 3 rings (SSSR count). The number of sulfonamides is 1. The fraction of sp³-hybridized carbons (Fsp3) is 0.333. The van der Waals surface area contributed by atoms with Gasteiger partial charge in [-0.1, -0.05) is 48.7 Å². The summed E-state index contributed by atoms with van der Waals surface area (Å²) < 4.78 is 27.1. The van der Waals surface area contributed by atoms with E-state index in [1.54, 1.807) is 16.4 Å². The Hall–Kier alpha value is -1.36. The fourth-order valence-corrected chi connectivity index (χ4v) is 4.54. The van der Waals surface area contributed by atoms with Crippen molar-refractivity contribution in [3.05, 3.63) is 53.6 Å². The molecular weight excluding hydrogens is 330 g/mol. The van der Waals surface area contributed by atoms with Crippen LogP contribution in [0.25, 0.3) is 11.1 Å². The number of nitrogens with zero attached hydrogens (tertiary/aromatic N) is 1. The van der Waals surface area contributed by atoms with Crippen LogP contribution in [0.1, 0.15) is 25.7 Å². The summed E-state index contributed by atoms with van der Waals surface area (Å²) in [4.78, 5) is 0.372. The lowest BCUT2D eigenvalue weighted by Gasteiger charge is -2.20. The van der Waals surface area contributed by atoms with Crippen LogP contribution in [0.15, 0.2) is 53.4 Å². The molecule has 0 amide bonds. The molecule has 0 N–H and O–H groups in total. The van der Waals surface area contributed by atoms with Crippen molar-refractivity contribution in [2.24, 2.45) is 0 Å². The molecule has 0 saturated carbocycles. The number of rotatable bonds is 3. The first-order valence-electron chi connectivity index (χ1n) is 7.93. The average molecular weight is 350 g/mol. The van der Waals surface area contributed by atoms with Gasteiger partial charge >= 0.3 is 0 Å². The fourth-order valence-electron chi connectivity index (χ4n) is 2.89. The zero-order valence-corrected chi connectivity index (χ0v) is 14.5. The van der Waals surface area contributed by atoms with Gasteiger partial charge in [0.25, 0.3) is 0 Å². The van der Waals surface area contributed by atoms with Crippen LogP contribution in [0.5, 0.6) is 0 Å². The molecule has 1 heterocycles. The van der Waals surface area contributed by atoms with Gasteiger partial charge in [0.05, 0.1) is 4.90 Å². The Morgan fingerprint density at radius 2 is 1.22 bits per heavy atom. The lowest BCUT2D eigenvalue weighted by atomic mass is 10.1. The first-order chi connectivity index (χ1) is 11.1. The van der Waals surface area contributed by atoms with E-state index in [2.05, 4.69) is 0 Å². The standard InChI is InChI=1S/C18H20ClNO2S/c19-17-9-5-15(6-10-17)16-7-11-18(12-8-16)23(21,22)20-13-3-1-2-4-14-20/h5-12H,1-4,13-14H2. The highest BCUT2D eigenvalue weighted by atomic mass is 35.5. The first kappa shape index (κ1) is 16.5. The first-order valence-corrected chi connectivity index (χ1v) is 9.75. The highest BCUT2D eigenvalue weighted by Crippen LogP contribution is 2.25. The van der Waals surface area contributed by atoms with E-state index in [0.717, 1.165) is 36.8 Å². The molecule has 0 atom stereocenters. The second-order valence-corrected chi connectivity index (χ2v) is 8.22. The topological polar surface area (TPSA) is 37.4 Å². The Kier molecular flexibility index (Phi) is 5.05. The summed E-state index contributed by atoms with van der Waals surface area (Å²) in [5.74, 6) is 0. The Balaban J connectivity index is 1.84. The van der Waals surface area contributed by atoms with Gasteiger partial charge in [0.1, 0.15) is 0 Å². The lowest BCUT2D eigenvalue weighted by Crippen LogP contribution is -2.31. The third kappa shape index (κ3) is 3.77. The summed E-state index contributed by atoms with van der Waals surface area (Å²) in [7, 11) is -3.38.